The second kappa shape index (κ2) is 4.18. The fourth-order valence-electron chi connectivity index (χ4n) is 3.01. The maximum atomic E-state index is 6.60. The van der Waals surface area contributed by atoms with Gasteiger partial charge in [-0.3, -0.25) is 0 Å². The van der Waals surface area contributed by atoms with Crippen LogP contribution < -0.4 is 0 Å². The first-order valence-corrected chi connectivity index (χ1v) is 7.44. The van der Waals surface area contributed by atoms with Crippen LogP contribution in [0.4, 0.5) is 0 Å². The Morgan fingerprint density at radius 1 is 0.727 bits per heavy atom. The van der Waals surface area contributed by atoms with Crippen LogP contribution >= 0.6 is 11.6 Å². The fourth-order valence-corrected chi connectivity index (χ4v) is 3.30. The minimum Gasteiger partial charge on any atom is -0.352 e. The Hall–Kier alpha value is -2.65. The molecule has 0 radical (unpaired) electrons. The van der Waals surface area contributed by atoms with E-state index in [9.17, 15) is 0 Å². The van der Waals surface area contributed by atoms with Gasteiger partial charge in [0.2, 0.25) is 0 Å². The van der Waals surface area contributed by atoms with Crippen molar-refractivity contribution in [1.29, 1.82) is 0 Å². The molecule has 0 bridgehead atoms. The van der Waals surface area contributed by atoms with E-state index in [2.05, 4.69) is 22.1 Å². The van der Waals surface area contributed by atoms with Crippen LogP contribution in [0.15, 0.2) is 54.6 Å². The van der Waals surface area contributed by atoms with E-state index in [-0.39, 0.29) is 0 Å². The highest BCUT2D eigenvalue weighted by atomic mass is 35.5. The third kappa shape index (κ3) is 1.51. The highest BCUT2D eigenvalue weighted by Gasteiger charge is 2.13. The standard InChI is InChI=1S/C18H10ClN3/c19-16-17-11(10-5-1-2-6-12(10)21-17)9-15-18(16)22-14-8-4-3-7-13(14)20-15/h1-9,20H. The molecular weight excluding hydrogens is 294 g/mol. The monoisotopic (exact) mass is 303 g/mol. The normalized spacial score (nSPS) is 11.9. The van der Waals surface area contributed by atoms with Crippen molar-refractivity contribution in [2.45, 2.75) is 0 Å². The van der Waals surface area contributed by atoms with Crippen molar-refractivity contribution in [2.75, 3.05) is 0 Å². The molecule has 5 rings (SSSR count). The highest BCUT2D eigenvalue weighted by Crippen LogP contribution is 2.35. The van der Waals surface area contributed by atoms with Crippen molar-refractivity contribution in [3.8, 4) is 0 Å². The minimum atomic E-state index is 0.603. The lowest BCUT2D eigenvalue weighted by Gasteiger charge is -2.05. The van der Waals surface area contributed by atoms with Crippen LogP contribution in [0.2, 0.25) is 5.02 Å². The van der Waals surface area contributed by atoms with Crippen LogP contribution in [0.25, 0.3) is 43.9 Å². The Balaban J connectivity index is 2.04. The van der Waals surface area contributed by atoms with E-state index in [0.29, 0.717) is 5.02 Å². The topological polar surface area (TPSA) is 41.6 Å². The van der Waals surface area contributed by atoms with E-state index in [1.165, 1.54) is 0 Å². The quantitative estimate of drug-likeness (QED) is 0.406. The third-order valence-corrected chi connectivity index (χ3v) is 4.40. The number of para-hydroxylation sites is 3. The van der Waals surface area contributed by atoms with Crippen LogP contribution in [-0.2, 0) is 0 Å². The molecule has 4 heteroatoms. The summed E-state index contributed by atoms with van der Waals surface area (Å²) < 4.78 is 0. The molecule has 0 spiro atoms. The molecule has 104 valence electrons. The molecule has 0 aliphatic rings. The molecule has 1 N–H and O–H groups in total. The number of hydrogen-bond donors (Lipinski definition) is 1. The summed E-state index contributed by atoms with van der Waals surface area (Å²) in [6, 6.07) is 18.1. The van der Waals surface area contributed by atoms with Gasteiger partial charge in [0.15, 0.2) is 0 Å². The maximum Gasteiger partial charge on any atom is 0.108 e. The number of benzene rings is 3. The maximum absolute atomic E-state index is 6.60. The van der Waals surface area contributed by atoms with Crippen LogP contribution in [0, 0.1) is 0 Å². The van der Waals surface area contributed by atoms with Gasteiger partial charge < -0.3 is 4.98 Å². The number of nitrogens with one attached hydrogen (secondary N) is 1. The molecular formula is C18H10ClN3. The summed E-state index contributed by atoms with van der Waals surface area (Å²) in [7, 11) is 0. The van der Waals surface area contributed by atoms with E-state index < -0.39 is 0 Å². The fraction of sp³-hybridized carbons (Fsp3) is 0. The van der Waals surface area contributed by atoms with Crippen molar-refractivity contribution in [3.63, 3.8) is 0 Å². The van der Waals surface area contributed by atoms with Crippen LogP contribution in [-0.4, -0.2) is 15.0 Å². The molecule has 0 saturated heterocycles. The summed E-state index contributed by atoms with van der Waals surface area (Å²) >= 11 is 6.60. The molecule has 0 atom stereocenters. The summed E-state index contributed by atoms with van der Waals surface area (Å²) in [5.74, 6) is 0. The molecule has 22 heavy (non-hydrogen) atoms. The summed E-state index contributed by atoms with van der Waals surface area (Å²) in [6.07, 6.45) is 0. The number of hydrogen-bond acceptors (Lipinski definition) is 2. The summed E-state index contributed by atoms with van der Waals surface area (Å²) in [6.45, 7) is 0. The Morgan fingerprint density at radius 3 is 2.36 bits per heavy atom. The van der Waals surface area contributed by atoms with Crippen LogP contribution in [0.5, 0.6) is 0 Å². The van der Waals surface area contributed by atoms with Gasteiger partial charge in [0.25, 0.3) is 0 Å². The first-order chi connectivity index (χ1) is 10.8. The average Bonchev–Trinajstić information content (AvgIpc) is 2.93. The summed E-state index contributed by atoms with van der Waals surface area (Å²) in [4.78, 5) is 12.8. The van der Waals surface area contributed by atoms with E-state index in [1.807, 2.05) is 42.5 Å². The number of aromatic nitrogens is 3. The lowest BCUT2D eigenvalue weighted by Crippen LogP contribution is -1.88. The highest BCUT2D eigenvalue weighted by molar-refractivity contribution is 6.41. The Kier molecular flexibility index (Phi) is 2.27. The second-order valence-electron chi connectivity index (χ2n) is 5.37. The van der Waals surface area contributed by atoms with E-state index >= 15 is 0 Å². The third-order valence-electron chi connectivity index (χ3n) is 4.05. The molecule has 0 amide bonds. The molecule has 3 nitrogen and oxygen atoms in total. The van der Waals surface area contributed by atoms with E-state index in [1.54, 1.807) is 0 Å². The van der Waals surface area contributed by atoms with Crippen LogP contribution in [0.1, 0.15) is 0 Å². The van der Waals surface area contributed by atoms with Gasteiger partial charge in [-0.1, -0.05) is 41.9 Å². The zero-order chi connectivity index (χ0) is 14.7. The smallest absolute Gasteiger partial charge is 0.108 e. The van der Waals surface area contributed by atoms with Gasteiger partial charge in [-0.2, -0.15) is 0 Å². The van der Waals surface area contributed by atoms with E-state index in [4.69, 9.17) is 16.6 Å². The molecule has 0 unspecified atom stereocenters. The van der Waals surface area contributed by atoms with Gasteiger partial charge in [-0.25, -0.2) is 9.97 Å². The zero-order valence-electron chi connectivity index (χ0n) is 11.5. The predicted octanol–water partition coefficient (Wildman–Crippen LogP) is 5.07. The number of rotatable bonds is 0. The largest absolute Gasteiger partial charge is 0.352 e. The Bertz CT molecular complexity index is 1180. The van der Waals surface area contributed by atoms with Crippen molar-refractivity contribution in [2.24, 2.45) is 0 Å². The average molecular weight is 304 g/mol. The number of H-pyrrole nitrogens is 1. The minimum absolute atomic E-state index is 0.603. The van der Waals surface area contributed by atoms with Crippen LogP contribution in [0.3, 0.4) is 0 Å². The zero-order valence-corrected chi connectivity index (χ0v) is 12.2. The van der Waals surface area contributed by atoms with Gasteiger partial charge in [-0.05, 0) is 24.3 Å². The predicted molar refractivity (Wildman–Crippen MR) is 91.4 cm³/mol. The van der Waals surface area contributed by atoms with Gasteiger partial charge in [0.1, 0.15) is 5.52 Å². The Labute approximate surface area is 130 Å². The first kappa shape index (κ1) is 12.0. The number of fused-ring (bicyclic) bond motifs is 5. The second-order valence-corrected chi connectivity index (χ2v) is 5.74. The molecule has 5 aromatic rings. The van der Waals surface area contributed by atoms with Crippen molar-refractivity contribution >= 4 is 55.5 Å². The van der Waals surface area contributed by atoms with E-state index in [0.717, 1.165) is 43.9 Å². The summed E-state index contributed by atoms with van der Waals surface area (Å²) in [5.41, 5.74) is 5.34. The molecule has 0 fully saturated rings. The molecule has 2 heterocycles. The number of aromatic amines is 1. The summed E-state index contributed by atoms with van der Waals surface area (Å²) in [5, 5.41) is 2.77. The van der Waals surface area contributed by atoms with Gasteiger partial charge >= 0.3 is 0 Å². The first-order valence-electron chi connectivity index (χ1n) is 7.07. The van der Waals surface area contributed by atoms with Crippen molar-refractivity contribution < 1.29 is 0 Å². The molecule has 3 aromatic carbocycles. The Morgan fingerprint density at radius 2 is 1.45 bits per heavy atom. The molecule has 0 saturated carbocycles. The molecule has 2 aromatic heterocycles. The van der Waals surface area contributed by atoms with Gasteiger partial charge in [0.05, 0.1) is 32.6 Å². The van der Waals surface area contributed by atoms with Crippen molar-refractivity contribution in [1.82, 2.24) is 15.0 Å². The van der Waals surface area contributed by atoms with Crippen molar-refractivity contribution in [3.05, 3.63) is 59.6 Å². The SMILES string of the molecule is Clc1c2nc3ccccc3[nH]c2cc2c1nc1ccccc12. The lowest BCUT2D eigenvalue weighted by molar-refractivity contribution is 1.40. The number of halogens is 1. The van der Waals surface area contributed by atoms with Gasteiger partial charge in [0, 0.05) is 10.8 Å². The number of nitrogens with zero attached hydrogens (tertiary/aromatic N) is 2. The molecule has 0 aliphatic carbocycles. The molecule has 0 aliphatic heterocycles. The van der Waals surface area contributed by atoms with Gasteiger partial charge in [-0.15, -0.1) is 0 Å². The lowest BCUT2D eigenvalue weighted by atomic mass is 10.1.